The lowest BCUT2D eigenvalue weighted by Crippen LogP contribution is -2.23. The maximum absolute atomic E-state index is 12.2. The van der Waals surface area contributed by atoms with Crippen molar-refractivity contribution in [1.29, 1.82) is 0 Å². The molecule has 0 spiro atoms. The molecule has 0 aliphatic carbocycles. The molecule has 2 aromatic rings. The number of carbonyl (C=O) groups excluding carboxylic acids is 3. The minimum Gasteiger partial charge on any atom is -0.484 e. The summed E-state index contributed by atoms with van der Waals surface area (Å²) < 4.78 is 15.7. The summed E-state index contributed by atoms with van der Waals surface area (Å²) in [6.45, 7) is 6.81. The van der Waals surface area contributed by atoms with E-state index < -0.39 is 17.8 Å². The lowest BCUT2D eigenvalue weighted by Gasteiger charge is -2.08. The molecule has 3 N–H and O–H groups in total. The summed E-state index contributed by atoms with van der Waals surface area (Å²) in [5, 5.41) is 2.41. The van der Waals surface area contributed by atoms with Crippen LogP contribution in [0.1, 0.15) is 44.5 Å². The van der Waals surface area contributed by atoms with Crippen LogP contribution in [0.3, 0.4) is 0 Å². The number of aryl methyl sites for hydroxylation is 3. The summed E-state index contributed by atoms with van der Waals surface area (Å²) >= 11 is 0. The number of nitrogens with one attached hydrogen (secondary N) is 1. The van der Waals surface area contributed by atoms with Gasteiger partial charge in [-0.2, -0.15) is 0 Å². The van der Waals surface area contributed by atoms with Gasteiger partial charge in [-0.1, -0.05) is 6.07 Å². The van der Waals surface area contributed by atoms with E-state index in [1.807, 2.05) is 26.0 Å². The van der Waals surface area contributed by atoms with Crippen molar-refractivity contribution in [2.24, 2.45) is 5.73 Å². The lowest BCUT2D eigenvalue weighted by atomic mass is 10.1. The maximum atomic E-state index is 12.2. The van der Waals surface area contributed by atoms with Crippen LogP contribution in [-0.4, -0.2) is 31.0 Å². The van der Waals surface area contributed by atoms with Crippen molar-refractivity contribution in [3.05, 3.63) is 46.2 Å². The number of amides is 2. The first kappa shape index (κ1) is 20.0. The van der Waals surface area contributed by atoms with Crippen molar-refractivity contribution in [2.75, 3.05) is 18.5 Å². The number of ether oxygens (including phenoxy) is 2. The topological polar surface area (TPSA) is 121 Å². The van der Waals surface area contributed by atoms with E-state index in [0.717, 1.165) is 11.1 Å². The lowest BCUT2D eigenvalue weighted by molar-refractivity contribution is -0.118. The molecule has 2 rings (SSSR count). The second-order valence-corrected chi connectivity index (χ2v) is 5.91. The molecule has 1 heterocycles. The Balaban J connectivity index is 2.15. The van der Waals surface area contributed by atoms with Crippen molar-refractivity contribution in [3.63, 3.8) is 0 Å². The van der Waals surface area contributed by atoms with Crippen LogP contribution in [0.15, 0.2) is 22.6 Å². The predicted molar refractivity (Wildman–Crippen MR) is 98.0 cm³/mol. The van der Waals surface area contributed by atoms with Crippen LogP contribution in [0.2, 0.25) is 0 Å². The van der Waals surface area contributed by atoms with E-state index in [0.29, 0.717) is 5.75 Å². The summed E-state index contributed by atoms with van der Waals surface area (Å²) in [6, 6.07) is 5.45. The fourth-order valence-corrected chi connectivity index (χ4v) is 2.43. The summed E-state index contributed by atoms with van der Waals surface area (Å²) in [6.07, 6.45) is 0. The highest BCUT2D eigenvalue weighted by Crippen LogP contribution is 2.27. The fraction of sp³-hybridized carbons (Fsp3) is 0.316. The van der Waals surface area contributed by atoms with Crippen LogP contribution in [0.5, 0.6) is 5.75 Å². The third-order valence-electron chi connectivity index (χ3n) is 3.91. The van der Waals surface area contributed by atoms with Gasteiger partial charge in [0.05, 0.1) is 6.61 Å². The molecule has 144 valence electrons. The molecular weight excluding hydrogens is 352 g/mol. The van der Waals surface area contributed by atoms with E-state index in [4.69, 9.17) is 19.6 Å². The minimum atomic E-state index is -0.916. The number of anilines is 1. The number of esters is 1. The number of rotatable bonds is 7. The van der Waals surface area contributed by atoms with Gasteiger partial charge < -0.3 is 19.6 Å². The number of hydrogen-bond donors (Lipinski definition) is 2. The van der Waals surface area contributed by atoms with Crippen LogP contribution in [0.25, 0.3) is 0 Å². The smallest absolute Gasteiger partial charge is 0.342 e. The van der Waals surface area contributed by atoms with Gasteiger partial charge in [0.1, 0.15) is 22.6 Å². The molecule has 0 aliphatic rings. The summed E-state index contributed by atoms with van der Waals surface area (Å²) in [4.78, 5) is 36.0. The highest BCUT2D eigenvalue weighted by atomic mass is 16.5. The van der Waals surface area contributed by atoms with E-state index >= 15 is 0 Å². The van der Waals surface area contributed by atoms with Crippen LogP contribution >= 0.6 is 0 Å². The molecule has 0 saturated carbocycles. The third-order valence-corrected chi connectivity index (χ3v) is 3.91. The van der Waals surface area contributed by atoms with Gasteiger partial charge in [0.2, 0.25) is 5.88 Å². The second-order valence-electron chi connectivity index (χ2n) is 5.91. The van der Waals surface area contributed by atoms with Crippen LogP contribution < -0.4 is 15.8 Å². The molecule has 0 atom stereocenters. The maximum Gasteiger partial charge on any atom is 0.342 e. The number of nitrogens with two attached hydrogens (primary N) is 1. The first-order valence-electron chi connectivity index (χ1n) is 8.34. The van der Waals surface area contributed by atoms with E-state index in [1.54, 1.807) is 13.0 Å². The molecule has 0 unspecified atom stereocenters. The first-order valence-corrected chi connectivity index (χ1v) is 8.34. The van der Waals surface area contributed by atoms with Gasteiger partial charge in [-0.15, -0.1) is 0 Å². The molecule has 1 aromatic carbocycles. The molecule has 0 aliphatic heterocycles. The zero-order chi connectivity index (χ0) is 20.1. The van der Waals surface area contributed by atoms with Gasteiger partial charge in [-0.05, 0) is 51.0 Å². The number of carbonyl (C=O) groups is 3. The Labute approximate surface area is 156 Å². The Hall–Kier alpha value is -3.29. The molecule has 8 nitrogen and oxygen atoms in total. The largest absolute Gasteiger partial charge is 0.484 e. The normalized spacial score (nSPS) is 10.4. The van der Waals surface area contributed by atoms with Crippen molar-refractivity contribution >= 4 is 23.7 Å². The number of primary amides is 1. The zero-order valence-electron chi connectivity index (χ0n) is 15.7. The zero-order valence-corrected chi connectivity index (χ0v) is 15.7. The molecule has 0 radical (unpaired) electrons. The number of benzene rings is 1. The Kier molecular flexibility index (Phi) is 6.23. The number of furan rings is 1. The third kappa shape index (κ3) is 4.66. The molecule has 0 bridgehead atoms. The Morgan fingerprint density at radius 1 is 1.11 bits per heavy atom. The van der Waals surface area contributed by atoms with Gasteiger partial charge in [-0.3, -0.25) is 14.9 Å². The summed E-state index contributed by atoms with van der Waals surface area (Å²) in [7, 11) is 0. The van der Waals surface area contributed by atoms with E-state index in [2.05, 4.69) is 5.32 Å². The Bertz CT molecular complexity index is 885. The molecule has 1 aromatic heterocycles. The summed E-state index contributed by atoms with van der Waals surface area (Å²) in [5.41, 5.74) is 7.15. The summed E-state index contributed by atoms with van der Waals surface area (Å²) in [5.74, 6) is -1.80. The average molecular weight is 374 g/mol. The number of hydrogen-bond acceptors (Lipinski definition) is 6. The van der Waals surface area contributed by atoms with Gasteiger partial charge in [0.15, 0.2) is 6.61 Å². The molecule has 0 saturated heterocycles. The van der Waals surface area contributed by atoms with Crippen LogP contribution in [-0.2, 0) is 9.53 Å². The van der Waals surface area contributed by atoms with Crippen molar-refractivity contribution in [1.82, 2.24) is 0 Å². The first-order chi connectivity index (χ1) is 12.7. The molecule has 2 amide bonds. The Morgan fingerprint density at radius 3 is 2.41 bits per heavy atom. The quantitative estimate of drug-likeness (QED) is 0.718. The predicted octanol–water partition coefficient (Wildman–Crippen LogP) is 2.50. The highest BCUT2D eigenvalue weighted by Gasteiger charge is 2.29. The van der Waals surface area contributed by atoms with E-state index in [-0.39, 0.29) is 36.0 Å². The monoisotopic (exact) mass is 374 g/mol. The fourth-order valence-electron chi connectivity index (χ4n) is 2.43. The van der Waals surface area contributed by atoms with Crippen molar-refractivity contribution in [3.8, 4) is 5.75 Å². The average Bonchev–Trinajstić information content (AvgIpc) is 2.92. The molecule has 27 heavy (non-hydrogen) atoms. The van der Waals surface area contributed by atoms with Gasteiger partial charge in [-0.25, -0.2) is 4.79 Å². The van der Waals surface area contributed by atoms with Gasteiger partial charge >= 0.3 is 5.97 Å². The van der Waals surface area contributed by atoms with Crippen molar-refractivity contribution in [2.45, 2.75) is 27.7 Å². The van der Waals surface area contributed by atoms with E-state index in [1.165, 1.54) is 6.92 Å². The molecular formula is C19H22N2O6. The molecule has 0 fully saturated rings. The van der Waals surface area contributed by atoms with Crippen molar-refractivity contribution < 1.29 is 28.3 Å². The standard InChI is InChI=1S/C19H22N2O6/c1-5-25-19(24)15-12(4)27-18(16(15)17(20)23)21-14(22)9-26-13-7-6-10(2)11(3)8-13/h6-8H,5,9H2,1-4H3,(H2,20,23)(H,21,22). The van der Waals surface area contributed by atoms with Gasteiger partial charge in [0, 0.05) is 0 Å². The Morgan fingerprint density at radius 2 is 1.81 bits per heavy atom. The molecule has 8 heteroatoms. The van der Waals surface area contributed by atoms with Crippen LogP contribution in [0.4, 0.5) is 5.88 Å². The second kappa shape index (κ2) is 8.39. The van der Waals surface area contributed by atoms with Gasteiger partial charge in [0.25, 0.3) is 11.8 Å². The highest BCUT2D eigenvalue weighted by molar-refractivity contribution is 6.10. The van der Waals surface area contributed by atoms with E-state index in [9.17, 15) is 14.4 Å². The van der Waals surface area contributed by atoms with Crippen LogP contribution in [0, 0.1) is 20.8 Å². The SMILES string of the molecule is CCOC(=O)c1c(C)oc(NC(=O)COc2ccc(C)c(C)c2)c1C(N)=O. The minimum absolute atomic E-state index is 0.102.